The predicted octanol–water partition coefficient (Wildman–Crippen LogP) is 3.82. The minimum absolute atomic E-state index is 0.846. The average Bonchev–Trinajstić information content (AvgIpc) is 2.49. The van der Waals surface area contributed by atoms with Crippen molar-refractivity contribution in [3.8, 4) is 22.5 Å². The molecule has 0 spiro atoms. The molecule has 0 bridgehead atoms. The van der Waals surface area contributed by atoms with E-state index in [9.17, 15) is 0 Å². The van der Waals surface area contributed by atoms with Crippen LogP contribution in [0.4, 0.5) is 0 Å². The summed E-state index contributed by atoms with van der Waals surface area (Å²) in [5.41, 5.74) is 6.08. The molecule has 0 aliphatic heterocycles. The quantitative estimate of drug-likeness (QED) is 0.704. The second kappa shape index (κ2) is 5.21. The van der Waals surface area contributed by atoms with Crippen molar-refractivity contribution in [2.45, 2.75) is 13.8 Å². The number of aryl methyl sites for hydroxylation is 2. The van der Waals surface area contributed by atoms with Crippen LogP contribution in [0.5, 0.6) is 0 Å². The third-order valence-corrected chi connectivity index (χ3v) is 3.19. The molecule has 0 aliphatic carbocycles. The van der Waals surface area contributed by atoms with Gasteiger partial charge in [-0.2, -0.15) is 0 Å². The van der Waals surface area contributed by atoms with Crippen LogP contribution in [0.15, 0.2) is 55.0 Å². The molecule has 0 fully saturated rings. The molecule has 0 atom stereocenters. The van der Waals surface area contributed by atoms with Crippen molar-refractivity contribution in [2.24, 2.45) is 0 Å². The van der Waals surface area contributed by atoms with E-state index in [4.69, 9.17) is 0 Å². The van der Waals surface area contributed by atoms with Crippen LogP contribution >= 0.6 is 0 Å². The van der Waals surface area contributed by atoms with E-state index in [2.05, 4.69) is 46.1 Å². The van der Waals surface area contributed by atoms with Gasteiger partial charge in [-0.1, -0.05) is 29.8 Å². The number of pyridine rings is 1. The Morgan fingerprint density at radius 1 is 0.600 bits per heavy atom. The molecule has 3 heteroatoms. The molecule has 2 aromatic heterocycles. The van der Waals surface area contributed by atoms with Crippen LogP contribution in [-0.2, 0) is 0 Å². The number of hydrogen-bond donors (Lipinski definition) is 0. The van der Waals surface area contributed by atoms with Crippen LogP contribution in [0.3, 0.4) is 0 Å². The molecule has 3 nitrogen and oxygen atoms in total. The van der Waals surface area contributed by atoms with E-state index in [-0.39, 0.29) is 0 Å². The summed E-state index contributed by atoms with van der Waals surface area (Å²) in [7, 11) is 0. The fourth-order valence-electron chi connectivity index (χ4n) is 1.98. The van der Waals surface area contributed by atoms with Crippen molar-refractivity contribution in [3.05, 3.63) is 66.2 Å². The molecule has 0 aliphatic rings. The monoisotopic (exact) mass is 261 g/mol. The number of nitrogens with zero attached hydrogens (tertiary/aromatic N) is 3. The highest BCUT2D eigenvalue weighted by Gasteiger charge is 2.02. The van der Waals surface area contributed by atoms with Crippen molar-refractivity contribution in [3.63, 3.8) is 0 Å². The Kier molecular flexibility index (Phi) is 3.25. The maximum Gasteiger partial charge on any atom is 0.0900 e. The Bertz CT molecular complexity index is 634. The Morgan fingerprint density at radius 2 is 1.30 bits per heavy atom. The van der Waals surface area contributed by atoms with Gasteiger partial charge in [-0.3, -0.25) is 15.0 Å². The van der Waals surface area contributed by atoms with Gasteiger partial charge in [-0.05, 0) is 26.0 Å². The lowest BCUT2D eigenvalue weighted by Crippen LogP contribution is -1.90. The summed E-state index contributed by atoms with van der Waals surface area (Å²) in [5, 5.41) is 0. The molecule has 0 saturated heterocycles. The average molecular weight is 261 g/mol. The second-order valence-electron chi connectivity index (χ2n) is 4.84. The zero-order valence-electron chi connectivity index (χ0n) is 11.5. The molecule has 98 valence electrons. The molecule has 20 heavy (non-hydrogen) atoms. The molecular weight excluding hydrogens is 246 g/mol. The molecule has 1 aromatic carbocycles. The Hall–Kier alpha value is -2.55. The zero-order chi connectivity index (χ0) is 13.9. The molecule has 0 saturated carbocycles. The lowest BCUT2D eigenvalue weighted by molar-refractivity contribution is 1.12. The summed E-state index contributed by atoms with van der Waals surface area (Å²) < 4.78 is 0. The van der Waals surface area contributed by atoms with Gasteiger partial charge in [0, 0.05) is 23.5 Å². The number of rotatable bonds is 2. The lowest BCUT2D eigenvalue weighted by atomic mass is 10.1. The normalized spacial score (nSPS) is 10.5. The van der Waals surface area contributed by atoms with Crippen LogP contribution in [0.1, 0.15) is 11.3 Å². The van der Waals surface area contributed by atoms with Crippen LogP contribution in [0.2, 0.25) is 0 Å². The molecule has 3 aromatic rings. The summed E-state index contributed by atoms with van der Waals surface area (Å²) in [6.45, 7) is 4.01. The topological polar surface area (TPSA) is 38.7 Å². The van der Waals surface area contributed by atoms with E-state index in [0.29, 0.717) is 0 Å². The van der Waals surface area contributed by atoms with Gasteiger partial charge in [0.1, 0.15) is 0 Å². The second-order valence-corrected chi connectivity index (χ2v) is 4.84. The lowest BCUT2D eigenvalue weighted by Gasteiger charge is -2.04. The van der Waals surface area contributed by atoms with Crippen LogP contribution in [0, 0.1) is 13.8 Å². The summed E-state index contributed by atoms with van der Waals surface area (Å²) >= 11 is 0. The highest BCUT2D eigenvalue weighted by atomic mass is 14.8. The van der Waals surface area contributed by atoms with E-state index in [1.807, 2.05) is 25.3 Å². The van der Waals surface area contributed by atoms with Crippen LogP contribution in [-0.4, -0.2) is 15.0 Å². The summed E-state index contributed by atoms with van der Waals surface area (Å²) in [6, 6.07) is 12.4. The van der Waals surface area contributed by atoms with E-state index < -0.39 is 0 Å². The van der Waals surface area contributed by atoms with Gasteiger partial charge in [0.25, 0.3) is 0 Å². The first-order valence-corrected chi connectivity index (χ1v) is 6.54. The number of aromatic nitrogens is 3. The highest BCUT2D eigenvalue weighted by molar-refractivity contribution is 5.64. The molecule has 0 unspecified atom stereocenters. The fraction of sp³-hybridized carbons (Fsp3) is 0.118. The third kappa shape index (κ3) is 2.57. The van der Waals surface area contributed by atoms with Crippen molar-refractivity contribution in [1.82, 2.24) is 15.0 Å². The van der Waals surface area contributed by atoms with Crippen molar-refractivity contribution < 1.29 is 0 Å². The smallest absolute Gasteiger partial charge is 0.0900 e. The van der Waals surface area contributed by atoms with E-state index in [0.717, 1.165) is 28.2 Å². The van der Waals surface area contributed by atoms with E-state index in [1.165, 1.54) is 5.56 Å². The Morgan fingerprint density at radius 3 is 1.90 bits per heavy atom. The predicted molar refractivity (Wildman–Crippen MR) is 80.2 cm³/mol. The van der Waals surface area contributed by atoms with Gasteiger partial charge in [0.05, 0.1) is 23.3 Å². The van der Waals surface area contributed by atoms with Crippen molar-refractivity contribution in [2.75, 3.05) is 0 Å². The van der Waals surface area contributed by atoms with E-state index >= 15 is 0 Å². The first-order chi connectivity index (χ1) is 9.72. The van der Waals surface area contributed by atoms with Gasteiger partial charge in [-0.15, -0.1) is 0 Å². The van der Waals surface area contributed by atoms with Crippen LogP contribution < -0.4 is 0 Å². The molecule has 2 heterocycles. The summed E-state index contributed by atoms with van der Waals surface area (Å²) in [4.78, 5) is 13.1. The van der Waals surface area contributed by atoms with Gasteiger partial charge in [-0.25, -0.2) is 0 Å². The minimum Gasteiger partial charge on any atom is -0.258 e. The molecule has 0 N–H and O–H groups in total. The van der Waals surface area contributed by atoms with Crippen LogP contribution in [0.25, 0.3) is 22.5 Å². The minimum atomic E-state index is 0.846. The summed E-state index contributed by atoms with van der Waals surface area (Å²) in [6.07, 6.45) is 5.38. The summed E-state index contributed by atoms with van der Waals surface area (Å²) in [5.74, 6) is 0. The van der Waals surface area contributed by atoms with Gasteiger partial charge >= 0.3 is 0 Å². The van der Waals surface area contributed by atoms with Gasteiger partial charge < -0.3 is 0 Å². The zero-order valence-corrected chi connectivity index (χ0v) is 11.5. The largest absolute Gasteiger partial charge is 0.258 e. The van der Waals surface area contributed by atoms with Crippen molar-refractivity contribution in [1.29, 1.82) is 0 Å². The maximum absolute atomic E-state index is 4.51. The molecular formula is C17H15N3. The fourth-order valence-corrected chi connectivity index (χ4v) is 1.98. The third-order valence-electron chi connectivity index (χ3n) is 3.19. The first kappa shape index (κ1) is 12.5. The van der Waals surface area contributed by atoms with Gasteiger partial charge in [0.2, 0.25) is 0 Å². The first-order valence-electron chi connectivity index (χ1n) is 6.54. The number of hydrogen-bond acceptors (Lipinski definition) is 3. The Labute approximate surface area is 118 Å². The number of benzene rings is 1. The SMILES string of the molecule is Cc1ccc(-c2ccc(-c3cnc(C)cn3)cn2)cc1. The highest BCUT2D eigenvalue weighted by Crippen LogP contribution is 2.21. The Balaban J connectivity index is 1.91. The molecule has 0 radical (unpaired) electrons. The van der Waals surface area contributed by atoms with Gasteiger partial charge in [0.15, 0.2) is 0 Å². The van der Waals surface area contributed by atoms with E-state index in [1.54, 1.807) is 12.4 Å². The van der Waals surface area contributed by atoms with Crippen molar-refractivity contribution >= 4 is 0 Å². The molecule has 3 rings (SSSR count). The maximum atomic E-state index is 4.51. The molecule has 0 amide bonds. The standard InChI is InChI=1S/C17H15N3/c1-12-3-5-14(6-4-12)16-8-7-15(10-20-16)17-11-18-13(2)9-19-17/h3-11H,1-2H3.